The maximum atomic E-state index is 12.3. The number of hydrogen-bond acceptors (Lipinski definition) is 4. The minimum absolute atomic E-state index is 0.153. The number of carbonyl (C=O) groups excluding carboxylic acids is 1. The summed E-state index contributed by atoms with van der Waals surface area (Å²) in [7, 11) is 1.84. The van der Waals surface area contributed by atoms with E-state index >= 15 is 0 Å². The van der Waals surface area contributed by atoms with E-state index in [0.717, 1.165) is 11.3 Å². The fourth-order valence-electron chi connectivity index (χ4n) is 2.71. The standard InChI is InChI=1S/C14H19N5O2/c1-8-5-15-13(17-8)14(21)18-12(9-3-11(20)4-9)10-6-16-19(2)7-10/h5-7,9,11-12,20H,3-4H2,1-2H3,(H,15,17)(H,18,21). The van der Waals surface area contributed by atoms with E-state index in [-0.39, 0.29) is 24.0 Å². The number of aliphatic hydroxyl groups excluding tert-OH is 1. The quantitative estimate of drug-likeness (QED) is 0.771. The van der Waals surface area contributed by atoms with Crippen LogP contribution in [0.1, 0.15) is 40.8 Å². The molecule has 2 heterocycles. The van der Waals surface area contributed by atoms with Crippen LogP contribution in [-0.2, 0) is 7.05 Å². The number of aromatic amines is 1. The van der Waals surface area contributed by atoms with Gasteiger partial charge in [0.15, 0.2) is 5.82 Å². The van der Waals surface area contributed by atoms with Gasteiger partial charge in [0.1, 0.15) is 0 Å². The monoisotopic (exact) mass is 289 g/mol. The van der Waals surface area contributed by atoms with Gasteiger partial charge < -0.3 is 15.4 Å². The molecule has 0 spiro atoms. The summed E-state index contributed by atoms with van der Waals surface area (Å²) < 4.78 is 1.71. The number of nitrogens with one attached hydrogen (secondary N) is 2. The molecule has 1 aliphatic carbocycles. The molecule has 1 unspecified atom stereocenters. The number of rotatable bonds is 4. The molecule has 1 atom stereocenters. The molecule has 1 aliphatic rings. The first kappa shape index (κ1) is 13.8. The van der Waals surface area contributed by atoms with Gasteiger partial charge in [0.05, 0.1) is 18.3 Å². The van der Waals surface area contributed by atoms with E-state index in [1.54, 1.807) is 17.1 Å². The summed E-state index contributed by atoms with van der Waals surface area (Å²) in [5, 5.41) is 16.7. The Morgan fingerprint density at radius 3 is 2.81 bits per heavy atom. The third-order valence-electron chi connectivity index (χ3n) is 3.91. The van der Waals surface area contributed by atoms with E-state index < -0.39 is 0 Å². The van der Waals surface area contributed by atoms with Crippen LogP contribution in [0.3, 0.4) is 0 Å². The second kappa shape index (κ2) is 5.33. The van der Waals surface area contributed by atoms with Crippen LogP contribution in [0.15, 0.2) is 18.6 Å². The van der Waals surface area contributed by atoms with Gasteiger partial charge in [-0.2, -0.15) is 5.10 Å². The summed E-state index contributed by atoms with van der Waals surface area (Å²) in [6.07, 6.45) is 6.39. The van der Waals surface area contributed by atoms with Crippen LogP contribution in [0, 0.1) is 12.8 Å². The smallest absolute Gasteiger partial charge is 0.287 e. The molecular formula is C14H19N5O2. The van der Waals surface area contributed by atoms with Gasteiger partial charge in [-0.1, -0.05) is 0 Å². The van der Waals surface area contributed by atoms with E-state index in [1.165, 1.54) is 0 Å². The molecule has 7 heteroatoms. The number of nitrogens with zero attached hydrogens (tertiary/aromatic N) is 3. The molecule has 21 heavy (non-hydrogen) atoms. The van der Waals surface area contributed by atoms with Crippen molar-refractivity contribution in [3.63, 3.8) is 0 Å². The van der Waals surface area contributed by atoms with Gasteiger partial charge in [-0.25, -0.2) is 4.98 Å². The molecule has 0 aromatic carbocycles. The Kier molecular flexibility index (Phi) is 3.50. The number of hydrogen-bond donors (Lipinski definition) is 3. The molecule has 7 nitrogen and oxygen atoms in total. The van der Waals surface area contributed by atoms with Crippen molar-refractivity contribution in [2.45, 2.75) is 31.9 Å². The molecular weight excluding hydrogens is 270 g/mol. The van der Waals surface area contributed by atoms with Crippen LogP contribution in [0.2, 0.25) is 0 Å². The number of H-pyrrole nitrogens is 1. The lowest BCUT2D eigenvalue weighted by atomic mass is 9.75. The van der Waals surface area contributed by atoms with Crippen molar-refractivity contribution in [2.24, 2.45) is 13.0 Å². The molecule has 0 aliphatic heterocycles. The number of aryl methyl sites for hydroxylation is 2. The predicted octanol–water partition coefficient (Wildman–Crippen LogP) is 0.694. The second-order valence-corrected chi connectivity index (χ2v) is 5.70. The van der Waals surface area contributed by atoms with Crippen LogP contribution in [0.25, 0.3) is 0 Å². The SMILES string of the molecule is Cc1cnc(C(=O)NC(c2cnn(C)c2)C2CC(O)C2)[nH]1. The molecule has 3 rings (SSSR count). The Morgan fingerprint density at radius 2 is 2.29 bits per heavy atom. The third kappa shape index (κ3) is 2.82. The Morgan fingerprint density at radius 1 is 1.52 bits per heavy atom. The predicted molar refractivity (Wildman–Crippen MR) is 75.5 cm³/mol. The van der Waals surface area contributed by atoms with Crippen molar-refractivity contribution in [1.29, 1.82) is 0 Å². The molecule has 1 amide bonds. The molecule has 0 radical (unpaired) electrons. The van der Waals surface area contributed by atoms with E-state index in [4.69, 9.17) is 0 Å². The summed E-state index contributed by atoms with van der Waals surface area (Å²) in [5.41, 5.74) is 1.79. The Hall–Kier alpha value is -2.15. The van der Waals surface area contributed by atoms with Crippen molar-refractivity contribution in [1.82, 2.24) is 25.1 Å². The van der Waals surface area contributed by atoms with Crippen LogP contribution in [0.5, 0.6) is 0 Å². The van der Waals surface area contributed by atoms with Crippen molar-refractivity contribution in [3.05, 3.63) is 35.7 Å². The van der Waals surface area contributed by atoms with Gasteiger partial charge in [0, 0.05) is 30.7 Å². The average molecular weight is 289 g/mol. The molecule has 2 aromatic heterocycles. The summed E-state index contributed by atoms with van der Waals surface area (Å²) in [4.78, 5) is 19.3. The number of aliphatic hydroxyl groups is 1. The van der Waals surface area contributed by atoms with E-state index in [0.29, 0.717) is 18.7 Å². The fraction of sp³-hybridized carbons (Fsp3) is 0.500. The first-order valence-electron chi connectivity index (χ1n) is 7.02. The topological polar surface area (TPSA) is 95.8 Å². The Balaban J connectivity index is 1.77. The normalized spacial score (nSPS) is 22.6. The molecule has 112 valence electrons. The highest BCUT2D eigenvalue weighted by molar-refractivity contribution is 5.90. The maximum Gasteiger partial charge on any atom is 0.287 e. The number of amides is 1. The largest absolute Gasteiger partial charge is 0.393 e. The zero-order chi connectivity index (χ0) is 15.0. The average Bonchev–Trinajstić information content (AvgIpc) is 3.01. The maximum absolute atomic E-state index is 12.3. The van der Waals surface area contributed by atoms with Gasteiger partial charge in [-0.15, -0.1) is 0 Å². The van der Waals surface area contributed by atoms with Gasteiger partial charge >= 0.3 is 0 Å². The molecule has 3 N–H and O–H groups in total. The van der Waals surface area contributed by atoms with Crippen LogP contribution in [-0.4, -0.2) is 36.9 Å². The number of imidazole rings is 1. The Labute approximate surface area is 122 Å². The minimum Gasteiger partial charge on any atom is -0.393 e. The van der Waals surface area contributed by atoms with Crippen molar-refractivity contribution in [3.8, 4) is 0 Å². The van der Waals surface area contributed by atoms with Crippen molar-refractivity contribution in [2.75, 3.05) is 0 Å². The van der Waals surface area contributed by atoms with Crippen molar-refractivity contribution < 1.29 is 9.90 Å². The van der Waals surface area contributed by atoms with E-state index in [1.807, 2.05) is 20.2 Å². The zero-order valence-corrected chi connectivity index (χ0v) is 12.1. The van der Waals surface area contributed by atoms with Crippen LogP contribution in [0.4, 0.5) is 0 Å². The summed E-state index contributed by atoms with van der Waals surface area (Å²) in [6, 6.07) is -0.153. The molecule has 1 fully saturated rings. The highest BCUT2D eigenvalue weighted by atomic mass is 16.3. The molecule has 0 bridgehead atoms. The number of carbonyl (C=O) groups is 1. The fourth-order valence-corrected chi connectivity index (χ4v) is 2.71. The Bertz CT molecular complexity index is 641. The summed E-state index contributed by atoms with van der Waals surface area (Å²) >= 11 is 0. The zero-order valence-electron chi connectivity index (χ0n) is 12.1. The minimum atomic E-state index is -0.267. The highest BCUT2D eigenvalue weighted by Gasteiger charge is 2.36. The molecule has 0 saturated heterocycles. The summed E-state index contributed by atoms with van der Waals surface area (Å²) in [5.74, 6) is 0.295. The lowest BCUT2D eigenvalue weighted by Crippen LogP contribution is -2.41. The first-order valence-corrected chi connectivity index (χ1v) is 7.02. The van der Waals surface area contributed by atoms with Gasteiger partial charge in [0.2, 0.25) is 0 Å². The lowest BCUT2D eigenvalue weighted by molar-refractivity contribution is 0.0234. The number of aromatic nitrogens is 4. The van der Waals surface area contributed by atoms with Crippen molar-refractivity contribution >= 4 is 5.91 Å². The summed E-state index contributed by atoms with van der Waals surface area (Å²) in [6.45, 7) is 1.85. The molecule has 1 saturated carbocycles. The highest BCUT2D eigenvalue weighted by Crippen LogP contribution is 2.38. The third-order valence-corrected chi connectivity index (χ3v) is 3.91. The van der Waals surface area contributed by atoms with Crippen LogP contribution < -0.4 is 5.32 Å². The van der Waals surface area contributed by atoms with Gasteiger partial charge in [-0.05, 0) is 25.7 Å². The van der Waals surface area contributed by atoms with E-state index in [9.17, 15) is 9.90 Å². The van der Waals surface area contributed by atoms with Gasteiger partial charge in [0.25, 0.3) is 5.91 Å². The first-order chi connectivity index (χ1) is 10.0. The molecule has 2 aromatic rings. The van der Waals surface area contributed by atoms with E-state index in [2.05, 4.69) is 20.4 Å². The van der Waals surface area contributed by atoms with Crippen LogP contribution >= 0.6 is 0 Å². The lowest BCUT2D eigenvalue weighted by Gasteiger charge is -2.37. The van der Waals surface area contributed by atoms with Gasteiger partial charge in [-0.3, -0.25) is 9.48 Å². The second-order valence-electron chi connectivity index (χ2n) is 5.70.